The summed E-state index contributed by atoms with van der Waals surface area (Å²) in [6.45, 7) is 2.27. The molecule has 0 N–H and O–H groups in total. The molecule has 0 unspecified atom stereocenters. The minimum absolute atomic E-state index is 0.384. The maximum Gasteiger partial charge on any atom is 0.147 e. The standard InChI is InChI=1S/C21H19N5/c1-14-11-16-20(25(2)18-9-5-3-7-15(14)18)22-12-23-21(16)26-13-24-17-8-4-6-10-19(17)26/h3-10,12-14H,11H2,1-2H3/t14-/m0/s1. The van der Waals surface area contributed by atoms with Crippen LogP contribution in [-0.2, 0) is 6.42 Å². The fraction of sp³-hybridized carbons (Fsp3) is 0.190. The van der Waals surface area contributed by atoms with Crippen molar-refractivity contribution in [3.05, 3.63) is 72.3 Å². The summed E-state index contributed by atoms with van der Waals surface area (Å²) in [7, 11) is 2.08. The van der Waals surface area contributed by atoms with Gasteiger partial charge in [0.25, 0.3) is 0 Å². The van der Waals surface area contributed by atoms with Crippen molar-refractivity contribution in [3.8, 4) is 5.82 Å². The minimum atomic E-state index is 0.384. The van der Waals surface area contributed by atoms with Gasteiger partial charge in [-0.25, -0.2) is 15.0 Å². The molecule has 1 aliphatic rings. The molecule has 26 heavy (non-hydrogen) atoms. The van der Waals surface area contributed by atoms with Gasteiger partial charge in [-0.05, 0) is 36.1 Å². The molecular formula is C21H19N5. The molecule has 0 bridgehead atoms. The number of rotatable bonds is 1. The number of benzene rings is 2. The molecule has 0 radical (unpaired) electrons. The summed E-state index contributed by atoms with van der Waals surface area (Å²) in [6, 6.07) is 16.7. The second kappa shape index (κ2) is 5.66. The van der Waals surface area contributed by atoms with Gasteiger partial charge in [0.1, 0.15) is 24.3 Å². The fourth-order valence-electron chi connectivity index (χ4n) is 3.94. The predicted molar refractivity (Wildman–Crippen MR) is 103 cm³/mol. The Morgan fingerprint density at radius 3 is 2.62 bits per heavy atom. The van der Waals surface area contributed by atoms with E-state index >= 15 is 0 Å². The second-order valence-corrected chi connectivity index (χ2v) is 6.83. The van der Waals surface area contributed by atoms with Gasteiger partial charge in [0.05, 0.1) is 11.0 Å². The number of hydrogen-bond donors (Lipinski definition) is 0. The Hall–Kier alpha value is -3.21. The van der Waals surface area contributed by atoms with Crippen molar-refractivity contribution in [1.29, 1.82) is 0 Å². The van der Waals surface area contributed by atoms with Gasteiger partial charge in [0, 0.05) is 18.3 Å². The Labute approximate surface area is 152 Å². The van der Waals surface area contributed by atoms with Crippen molar-refractivity contribution in [3.63, 3.8) is 0 Å². The molecule has 5 nitrogen and oxygen atoms in total. The van der Waals surface area contributed by atoms with E-state index in [2.05, 4.69) is 68.7 Å². The van der Waals surface area contributed by atoms with Crippen molar-refractivity contribution in [2.45, 2.75) is 19.3 Å². The van der Waals surface area contributed by atoms with E-state index in [1.165, 1.54) is 11.3 Å². The second-order valence-electron chi connectivity index (χ2n) is 6.83. The molecule has 0 saturated heterocycles. The van der Waals surface area contributed by atoms with E-state index in [1.54, 1.807) is 6.33 Å². The van der Waals surface area contributed by atoms with Crippen molar-refractivity contribution in [2.24, 2.45) is 0 Å². The molecule has 0 spiro atoms. The van der Waals surface area contributed by atoms with Crippen molar-refractivity contribution in [1.82, 2.24) is 19.5 Å². The van der Waals surface area contributed by atoms with E-state index in [1.807, 2.05) is 24.5 Å². The lowest BCUT2D eigenvalue weighted by Crippen LogP contribution is -2.15. The third kappa shape index (κ3) is 2.13. The molecule has 0 aliphatic carbocycles. The lowest BCUT2D eigenvalue weighted by atomic mass is 9.94. The molecule has 1 atom stereocenters. The molecule has 0 amide bonds. The summed E-state index contributed by atoms with van der Waals surface area (Å²) in [5, 5.41) is 0. The zero-order valence-corrected chi connectivity index (χ0v) is 14.8. The minimum Gasteiger partial charge on any atom is -0.329 e. The number of aromatic nitrogens is 4. The normalized spacial score (nSPS) is 16.2. The zero-order valence-electron chi connectivity index (χ0n) is 14.8. The number of anilines is 2. The third-order valence-corrected chi connectivity index (χ3v) is 5.24. The van der Waals surface area contributed by atoms with Crippen LogP contribution in [0.25, 0.3) is 16.9 Å². The van der Waals surface area contributed by atoms with E-state index in [9.17, 15) is 0 Å². The number of imidazole rings is 1. The molecule has 4 aromatic rings. The van der Waals surface area contributed by atoms with Crippen molar-refractivity contribution >= 4 is 22.5 Å². The monoisotopic (exact) mass is 341 g/mol. The largest absolute Gasteiger partial charge is 0.329 e. The molecule has 2 aromatic carbocycles. The third-order valence-electron chi connectivity index (χ3n) is 5.24. The summed E-state index contributed by atoms with van der Waals surface area (Å²) >= 11 is 0. The number of nitrogens with zero attached hydrogens (tertiary/aromatic N) is 5. The van der Waals surface area contributed by atoms with Gasteiger partial charge >= 0.3 is 0 Å². The SMILES string of the molecule is C[C@H]1Cc2c(ncnc2-n2cnc3ccccc32)N(C)c2ccccc21. The van der Waals surface area contributed by atoms with Crippen LogP contribution >= 0.6 is 0 Å². The first-order chi connectivity index (χ1) is 12.7. The Morgan fingerprint density at radius 1 is 0.923 bits per heavy atom. The van der Waals surface area contributed by atoms with Gasteiger partial charge in [-0.3, -0.25) is 4.57 Å². The van der Waals surface area contributed by atoms with Gasteiger partial charge in [-0.1, -0.05) is 37.3 Å². The molecule has 3 heterocycles. The van der Waals surface area contributed by atoms with Crippen LogP contribution in [0.1, 0.15) is 24.0 Å². The molecule has 2 aromatic heterocycles. The topological polar surface area (TPSA) is 46.8 Å². The van der Waals surface area contributed by atoms with Crippen LogP contribution in [0, 0.1) is 0 Å². The Morgan fingerprint density at radius 2 is 1.69 bits per heavy atom. The van der Waals surface area contributed by atoms with Crippen molar-refractivity contribution < 1.29 is 0 Å². The molecule has 1 aliphatic heterocycles. The van der Waals surface area contributed by atoms with Gasteiger partial charge in [-0.15, -0.1) is 0 Å². The molecule has 5 rings (SSSR count). The van der Waals surface area contributed by atoms with E-state index in [4.69, 9.17) is 0 Å². The molecule has 0 fully saturated rings. The highest BCUT2D eigenvalue weighted by molar-refractivity contribution is 5.78. The molecule has 5 heteroatoms. The smallest absolute Gasteiger partial charge is 0.147 e. The number of para-hydroxylation sites is 3. The van der Waals surface area contributed by atoms with Gasteiger partial charge in [0.15, 0.2) is 0 Å². The highest BCUT2D eigenvalue weighted by Gasteiger charge is 2.26. The maximum atomic E-state index is 4.64. The first-order valence-corrected chi connectivity index (χ1v) is 8.83. The predicted octanol–water partition coefficient (Wildman–Crippen LogP) is 4.24. The van der Waals surface area contributed by atoms with E-state index in [0.29, 0.717) is 5.92 Å². The summed E-state index contributed by atoms with van der Waals surface area (Å²) in [5.74, 6) is 2.26. The van der Waals surface area contributed by atoms with E-state index in [0.717, 1.165) is 34.7 Å². The lowest BCUT2D eigenvalue weighted by molar-refractivity contribution is 0.756. The first-order valence-electron chi connectivity index (χ1n) is 8.83. The summed E-state index contributed by atoms with van der Waals surface area (Å²) in [4.78, 5) is 16.0. The summed E-state index contributed by atoms with van der Waals surface area (Å²) in [5.41, 5.74) is 5.74. The van der Waals surface area contributed by atoms with Crippen molar-refractivity contribution in [2.75, 3.05) is 11.9 Å². The van der Waals surface area contributed by atoms with Crippen LogP contribution in [0.3, 0.4) is 0 Å². The van der Waals surface area contributed by atoms with Crippen LogP contribution in [0.2, 0.25) is 0 Å². The average Bonchev–Trinajstić information content (AvgIpc) is 3.07. The van der Waals surface area contributed by atoms with Crippen LogP contribution in [-0.4, -0.2) is 26.6 Å². The Bertz CT molecular complexity index is 1110. The van der Waals surface area contributed by atoms with E-state index < -0.39 is 0 Å². The maximum absolute atomic E-state index is 4.64. The van der Waals surface area contributed by atoms with Gasteiger partial charge < -0.3 is 4.90 Å². The molecule has 0 saturated carbocycles. The average molecular weight is 341 g/mol. The zero-order chi connectivity index (χ0) is 17.7. The van der Waals surface area contributed by atoms with Crippen LogP contribution in [0.15, 0.2) is 61.2 Å². The van der Waals surface area contributed by atoms with E-state index in [-0.39, 0.29) is 0 Å². The number of hydrogen-bond acceptors (Lipinski definition) is 4. The first kappa shape index (κ1) is 15.1. The molecular weight excluding hydrogens is 322 g/mol. The molecule has 128 valence electrons. The number of fused-ring (bicyclic) bond motifs is 3. The van der Waals surface area contributed by atoms with Crippen LogP contribution in [0.5, 0.6) is 0 Å². The lowest BCUT2D eigenvalue weighted by Gasteiger charge is -2.21. The highest BCUT2D eigenvalue weighted by Crippen LogP contribution is 2.40. The highest BCUT2D eigenvalue weighted by atomic mass is 15.2. The van der Waals surface area contributed by atoms with Crippen LogP contribution < -0.4 is 4.90 Å². The fourth-order valence-corrected chi connectivity index (χ4v) is 3.94. The Balaban J connectivity index is 1.75. The summed E-state index contributed by atoms with van der Waals surface area (Å²) in [6.07, 6.45) is 4.40. The quantitative estimate of drug-likeness (QED) is 0.519. The van der Waals surface area contributed by atoms with Gasteiger partial charge in [0.2, 0.25) is 0 Å². The Kier molecular flexibility index (Phi) is 3.28. The van der Waals surface area contributed by atoms with Crippen LogP contribution in [0.4, 0.5) is 11.5 Å². The summed E-state index contributed by atoms with van der Waals surface area (Å²) < 4.78 is 2.08. The van der Waals surface area contributed by atoms with Gasteiger partial charge in [-0.2, -0.15) is 0 Å².